The summed E-state index contributed by atoms with van der Waals surface area (Å²) >= 11 is 0. The van der Waals surface area contributed by atoms with Crippen LogP contribution in [0, 0.1) is 17.7 Å². The number of carbonyl (C=O) groups excluding carboxylic acids is 2. The van der Waals surface area contributed by atoms with Gasteiger partial charge in [0.25, 0.3) is 0 Å². The van der Waals surface area contributed by atoms with E-state index in [2.05, 4.69) is 0 Å². The van der Waals surface area contributed by atoms with E-state index in [0.717, 1.165) is 12.8 Å². The first-order valence-corrected chi connectivity index (χ1v) is 6.10. The molecular weight excluding hydrogens is 235 g/mol. The fourth-order valence-electron chi connectivity index (χ4n) is 2.56. The van der Waals surface area contributed by atoms with E-state index >= 15 is 0 Å². The molecule has 3 nitrogen and oxygen atoms in total. The molecule has 96 valence electrons. The summed E-state index contributed by atoms with van der Waals surface area (Å²) in [6.45, 7) is 0. The highest BCUT2D eigenvalue weighted by Crippen LogP contribution is 2.32. The molecule has 0 radical (unpaired) electrons. The minimum absolute atomic E-state index is 0.219. The van der Waals surface area contributed by atoms with Crippen LogP contribution in [0.25, 0.3) is 0 Å². The second kappa shape index (κ2) is 5.29. The Morgan fingerprint density at radius 1 is 1.06 bits per heavy atom. The molecule has 18 heavy (non-hydrogen) atoms. The van der Waals surface area contributed by atoms with Gasteiger partial charge in [0, 0.05) is 23.4 Å². The molecule has 0 spiro atoms. The Labute approximate surface area is 105 Å². The lowest BCUT2D eigenvalue weighted by molar-refractivity contribution is -0.313. The summed E-state index contributed by atoms with van der Waals surface area (Å²) in [5.41, 5.74) is 0.370. The van der Waals surface area contributed by atoms with Crippen molar-refractivity contribution in [3.05, 3.63) is 35.6 Å². The molecule has 0 bridgehead atoms. The number of Topliss-reactive ketones (excluding diaryl/α,β-unsaturated/α-hetero) is 1. The highest BCUT2D eigenvalue weighted by Gasteiger charge is 2.32. The summed E-state index contributed by atoms with van der Waals surface area (Å²) in [5.74, 6) is -3.03. The first-order chi connectivity index (χ1) is 8.59. The molecule has 1 aliphatic carbocycles. The summed E-state index contributed by atoms with van der Waals surface area (Å²) in [5, 5.41) is 11.0. The van der Waals surface area contributed by atoms with Crippen molar-refractivity contribution in [3.8, 4) is 0 Å². The fourth-order valence-corrected chi connectivity index (χ4v) is 2.56. The summed E-state index contributed by atoms with van der Waals surface area (Å²) in [6, 6.07) is 5.23. The largest absolute Gasteiger partial charge is 0.550 e. The van der Waals surface area contributed by atoms with Crippen molar-refractivity contribution in [3.63, 3.8) is 0 Å². The number of hydrogen-bond acceptors (Lipinski definition) is 3. The molecule has 0 saturated heterocycles. The number of carboxylic acids is 1. The Balaban J connectivity index is 2.20. The van der Waals surface area contributed by atoms with Crippen LogP contribution >= 0.6 is 0 Å². The highest BCUT2D eigenvalue weighted by atomic mass is 19.1. The Bertz CT molecular complexity index is 453. The predicted molar refractivity (Wildman–Crippen MR) is 61.2 cm³/mol. The lowest BCUT2D eigenvalue weighted by Gasteiger charge is -2.31. The first-order valence-electron chi connectivity index (χ1n) is 6.10. The van der Waals surface area contributed by atoms with Gasteiger partial charge in [-0.3, -0.25) is 4.79 Å². The normalized spacial score (nSPS) is 23.6. The second-order valence-electron chi connectivity index (χ2n) is 4.69. The molecule has 1 aromatic carbocycles. The molecule has 1 aromatic rings. The van der Waals surface area contributed by atoms with Gasteiger partial charge in [-0.1, -0.05) is 12.8 Å². The second-order valence-corrected chi connectivity index (χ2v) is 4.69. The van der Waals surface area contributed by atoms with Crippen LogP contribution in [0.5, 0.6) is 0 Å². The van der Waals surface area contributed by atoms with Crippen LogP contribution in [-0.4, -0.2) is 11.8 Å². The Morgan fingerprint density at radius 3 is 2.17 bits per heavy atom. The molecular formula is C14H14FO3-. The average Bonchev–Trinajstić information content (AvgIpc) is 2.39. The standard InChI is InChI=1S/C14H15FO3/c15-10-7-5-9(6-8-10)13(16)11-3-1-2-4-12(11)14(17)18/h5-8,11-12H,1-4H2,(H,17,18)/p-1/t11-,12+/m0/s1. The summed E-state index contributed by atoms with van der Waals surface area (Å²) in [7, 11) is 0. The van der Waals surface area contributed by atoms with Crippen molar-refractivity contribution in [1.29, 1.82) is 0 Å². The third-order valence-corrected chi connectivity index (χ3v) is 3.53. The van der Waals surface area contributed by atoms with Gasteiger partial charge < -0.3 is 9.90 Å². The van der Waals surface area contributed by atoms with Gasteiger partial charge in [0.15, 0.2) is 5.78 Å². The molecule has 1 aliphatic rings. The molecule has 2 atom stereocenters. The van der Waals surface area contributed by atoms with Crippen LogP contribution in [0.4, 0.5) is 4.39 Å². The zero-order chi connectivity index (χ0) is 13.1. The Kier molecular flexibility index (Phi) is 3.75. The van der Waals surface area contributed by atoms with E-state index in [1.807, 2.05) is 0 Å². The Hall–Kier alpha value is -1.71. The maximum absolute atomic E-state index is 12.8. The average molecular weight is 249 g/mol. The van der Waals surface area contributed by atoms with Crippen molar-refractivity contribution >= 4 is 11.8 Å². The maximum Gasteiger partial charge on any atom is 0.166 e. The Morgan fingerprint density at radius 2 is 1.61 bits per heavy atom. The summed E-state index contributed by atoms with van der Waals surface area (Å²) < 4.78 is 12.8. The van der Waals surface area contributed by atoms with Crippen molar-refractivity contribution < 1.29 is 19.1 Å². The van der Waals surface area contributed by atoms with Crippen LogP contribution in [-0.2, 0) is 4.79 Å². The van der Waals surface area contributed by atoms with Gasteiger partial charge in [-0.05, 0) is 37.1 Å². The van der Waals surface area contributed by atoms with E-state index in [-0.39, 0.29) is 5.78 Å². The number of carbonyl (C=O) groups is 2. The van der Waals surface area contributed by atoms with Crippen molar-refractivity contribution in [2.24, 2.45) is 11.8 Å². The van der Waals surface area contributed by atoms with Gasteiger partial charge in [0.1, 0.15) is 5.82 Å². The van der Waals surface area contributed by atoms with Gasteiger partial charge in [-0.2, -0.15) is 0 Å². The number of ketones is 1. The van der Waals surface area contributed by atoms with E-state index in [4.69, 9.17) is 0 Å². The number of rotatable bonds is 3. The molecule has 1 saturated carbocycles. The molecule has 0 aromatic heterocycles. The van der Waals surface area contributed by atoms with Crippen LogP contribution in [0.3, 0.4) is 0 Å². The molecule has 4 heteroatoms. The van der Waals surface area contributed by atoms with Gasteiger partial charge in [0.2, 0.25) is 0 Å². The fraction of sp³-hybridized carbons (Fsp3) is 0.429. The van der Waals surface area contributed by atoms with E-state index < -0.39 is 23.6 Å². The molecule has 0 unspecified atom stereocenters. The third-order valence-electron chi connectivity index (χ3n) is 3.53. The van der Waals surface area contributed by atoms with Crippen molar-refractivity contribution in [1.82, 2.24) is 0 Å². The zero-order valence-corrected chi connectivity index (χ0v) is 9.90. The highest BCUT2D eigenvalue weighted by molar-refractivity contribution is 5.99. The number of carboxylic acid groups (broad SMARTS) is 1. The van der Waals surface area contributed by atoms with Crippen LogP contribution in [0.1, 0.15) is 36.0 Å². The van der Waals surface area contributed by atoms with Crippen LogP contribution < -0.4 is 5.11 Å². The molecule has 1 fully saturated rings. The number of benzene rings is 1. The monoisotopic (exact) mass is 249 g/mol. The van der Waals surface area contributed by atoms with E-state index in [0.29, 0.717) is 18.4 Å². The van der Waals surface area contributed by atoms with Crippen molar-refractivity contribution in [2.45, 2.75) is 25.7 Å². The minimum atomic E-state index is -1.16. The zero-order valence-electron chi connectivity index (χ0n) is 9.90. The SMILES string of the molecule is O=C(c1ccc(F)cc1)[C@H]1CCCC[C@H]1C(=O)[O-]. The number of halogens is 1. The predicted octanol–water partition coefficient (Wildman–Crippen LogP) is 1.56. The number of aliphatic carboxylic acids is 1. The molecule has 0 aliphatic heterocycles. The van der Waals surface area contributed by atoms with Crippen molar-refractivity contribution in [2.75, 3.05) is 0 Å². The lowest BCUT2D eigenvalue weighted by atomic mass is 9.75. The van der Waals surface area contributed by atoms with E-state index in [1.165, 1.54) is 24.3 Å². The van der Waals surface area contributed by atoms with Gasteiger partial charge >= 0.3 is 0 Å². The van der Waals surface area contributed by atoms with Gasteiger partial charge in [-0.25, -0.2) is 4.39 Å². The molecule has 2 rings (SSSR count). The number of hydrogen-bond donors (Lipinski definition) is 0. The van der Waals surface area contributed by atoms with Crippen LogP contribution in [0.15, 0.2) is 24.3 Å². The van der Waals surface area contributed by atoms with E-state index in [1.54, 1.807) is 0 Å². The summed E-state index contributed by atoms with van der Waals surface area (Å²) in [4.78, 5) is 23.2. The smallest absolute Gasteiger partial charge is 0.166 e. The topological polar surface area (TPSA) is 57.2 Å². The third kappa shape index (κ3) is 2.58. The molecule has 0 N–H and O–H groups in total. The molecule has 0 heterocycles. The van der Waals surface area contributed by atoms with Crippen LogP contribution in [0.2, 0.25) is 0 Å². The first kappa shape index (κ1) is 12.7. The maximum atomic E-state index is 12.8. The quantitative estimate of drug-likeness (QED) is 0.764. The van der Waals surface area contributed by atoms with E-state index in [9.17, 15) is 19.1 Å². The summed E-state index contributed by atoms with van der Waals surface area (Å²) in [6.07, 6.45) is 2.71. The van der Waals surface area contributed by atoms with Gasteiger partial charge in [0.05, 0.1) is 0 Å². The lowest BCUT2D eigenvalue weighted by Crippen LogP contribution is -2.40. The molecule has 0 amide bonds. The minimum Gasteiger partial charge on any atom is -0.550 e. The van der Waals surface area contributed by atoms with Gasteiger partial charge in [-0.15, -0.1) is 0 Å².